The van der Waals surface area contributed by atoms with Crippen LogP contribution >= 0.6 is 0 Å². The lowest BCUT2D eigenvalue weighted by molar-refractivity contribution is -0.150. The molecule has 4 saturated carbocycles. The van der Waals surface area contributed by atoms with Crippen molar-refractivity contribution in [3.63, 3.8) is 0 Å². The molecule has 5 rings (SSSR count). The van der Waals surface area contributed by atoms with E-state index in [2.05, 4.69) is 17.1 Å². The molecule has 1 aliphatic heterocycles. The lowest BCUT2D eigenvalue weighted by Gasteiger charge is -2.54. The van der Waals surface area contributed by atoms with Crippen LogP contribution in [-0.4, -0.2) is 36.5 Å². The number of carbonyl (C=O) groups excluding carboxylic acids is 1. The molecule has 0 aromatic carbocycles. The van der Waals surface area contributed by atoms with Crippen LogP contribution in [0.4, 0.5) is 0 Å². The molecule has 0 atom stereocenters. The molecular formula is C18H30N2O. The maximum absolute atomic E-state index is 13.1. The van der Waals surface area contributed by atoms with Crippen molar-refractivity contribution in [3.8, 4) is 0 Å². The average Bonchev–Trinajstić information content (AvgIpc) is 2.47. The first-order chi connectivity index (χ1) is 10.2. The quantitative estimate of drug-likeness (QED) is 0.866. The van der Waals surface area contributed by atoms with Gasteiger partial charge in [0.25, 0.3) is 0 Å². The Morgan fingerprint density at radius 1 is 1.00 bits per heavy atom. The molecule has 0 unspecified atom stereocenters. The fraction of sp³-hybridized carbons (Fsp3) is 0.944. The first-order valence-corrected chi connectivity index (χ1v) is 9.26. The van der Waals surface area contributed by atoms with Crippen molar-refractivity contribution in [2.45, 2.75) is 57.9 Å². The molecule has 3 heteroatoms. The molecule has 0 radical (unpaired) electrons. The van der Waals surface area contributed by atoms with Gasteiger partial charge in [0.2, 0.25) is 5.91 Å². The predicted octanol–water partition coefficient (Wildman–Crippen LogP) is 2.66. The zero-order valence-corrected chi connectivity index (χ0v) is 13.4. The summed E-state index contributed by atoms with van der Waals surface area (Å²) in [5.41, 5.74) is 0. The SMILES string of the molecule is CCNC1CCN(C(=O)C2C3CC4CC(C3)CC2C4)CC1. The van der Waals surface area contributed by atoms with E-state index in [0.29, 0.717) is 17.9 Å². The largest absolute Gasteiger partial charge is 0.342 e. The Hall–Kier alpha value is -0.570. The minimum Gasteiger partial charge on any atom is -0.342 e. The second-order valence-corrected chi connectivity index (χ2v) is 8.11. The Morgan fingerprint density at radius 3 is 2.10 bits per heavy atom. The van der Waals surface area contributed by atoms with Gasteiger partial charge in [-0.15, -0.1) is 0 Å². The van der Waals surface area contributed by atoms with E-state index in [9.17, 15) is 4.79 Å². The lowest BCUT2D eigenvalue weighted by Crippen LogP contribution is -2.54. The normalized spacial score (nSPS) is 42.5. The molecule has 4 aliphatic carbocycles. The summed E-state index contributed by atoms with van der Waals surface area (Å²) in [6.07, 6.45) is 9.20. The second kappa shape index (κ2) is 5.57. The van der Waals surface area contributed by atoms with Gasteiger partial charge in [0.1, 0.15) is 0 Å². The first-order valence-electron chi connectivity index (χ1n) is 9.26. The summed E-state index contributed by atoms with van der Waals surface area (Å²) in [5.74, 6) is 4.33. The number of likely N-dealkylation sites (tertiary alicyclic amines) is 1. The maximum atomic E-state index is 13.1. The molecule has 0 aromatic heterocycles. The van der Waals surface area contributed by atoms with Gasteiger partial charge in [-0.1, -0.05) is 6.92 Å². The topological polar surface area (TPSA) is 32.3 Å². The van der Waals surface area contributed by atoms with Crippen LogP contribution in [0.25, 0.3) is 0 Å². The van der Waals surface area contributed by atoms with E-state index in [1.54, 1.807) is 0 Å². The Labute approximate surface area is 128 Å². The van der Waals surface area contributed by atoms with Crippen LogP contribution in [0.1, 0.15) is 51.9 Å². The predicted molar refractivity (Wildman–Crippen MR) is 83.8 cm³/mol. The van der Waals surface area contributed by atoms with E-state index in [4.69, 9.17) is 0 Å². The average molecular weight is 290 g/mol. The Kier molecular flexibility index (Phi) is 3.72. The Morgan fingerprint density at radius 2 is 1.57 bits per heavy atom. The molecule has 0 spiro atoms. The van der Waals surface area contributed by atoms with Crippen molar-refractivity contribution in [1.29, 1.82) is 0 Å². The zero-order chi connectivity index (χ0) is 14.4. The summed E-state index contributed by atoms with van der Waals surface area (Å²) >= 11 is 0. The van der Waals surface area contributed by atoms with Gasteiger partial charge in [-0.25, -0.2) is 0 Å². The van der Waals surface area contributed by atoms with Gasteiger partial charge >= 0.3 is 0 Å². The number of hydrogen-bond donors (Lipinski definition) is 1. The van der Waals surface area contributed by atoms with Crippen molar-refractivity contribution in [2.75, 3.05) is 19.6 Å². The fourth-order valence-electron chi connectivity index (χ4n) is 6.13. The van der Waals surface area contributed by atoms with Crippen molar-refractivity contribution in [3.05, 3.63) is 0 Å². The standard InChI is InChI=1S/C18H30N2O/c1-2-19-16-3-5-20(6-4-16)18(21)17-14-8-12-7-13(10-14)11-15(17)9-12/h12-17,19H,2-11H2,1H3. The molecule has 1 heterocycles. The maximum Gasteiger partial charge on any atom is 0.226 e. The molecule has 1 amide bonds. The van der Waals surface area contributed by atoms with Gasteiger partial charge in [-0.2, -0.15) is 0 Å². The number of nitrogens with zero attached hydrogens (tertiary/aromatic N) is 1. The molecule has 5 aliphatic rings. The smallest absolute Gasteiger partial charge is 0.226 e. The van der Waals surface area contributed by atoms with Crippen LogP contribution in [-0.2, 0) is 4.79 Å². The van der Waals surface area contributed by atoms with E-state index >= 15 is 0 Å². The van der Waals surface area contributed by atoms with Crippen molar-refractivity contribution < 1.29 is 4.79 Å². The lowest BCUT2D eigenvalue weighted by atomic mass is 9.51. The number of nitrogens with one attached hydrogen (secondary N) is 1. The van der Waals surface area contributed by atoms with Crippen molar-refractivity contribution in [2.24, 2.45) is 29.6 Å². The van der Waals surface area contributed by atoms with Crippen LogP contribution in [0.15, 0.2) is 0 Å². The monoisotopic (exact) mass is 290 g/mol. The fourth-order valence-corrected chi connectivity index (χ4v) is 6.13. The summed E-state index contributed by atoms with van der Waals surface area (Å²) in [7, 11) is 0. The minimum atomic E-state index is 0.397. The summed E-state index contributed by atoms with van der Waals surface area (Å²) in [6.45, 7) is 5.19. The van der Waals surface area contributed by atoms with E-state index in [0.717, 1.165) is 56.1 Å². The second-order valence-electron chi connectivity index (χ2n) is 8.11. The third-order valence-electron chi connectivity index (χ3n) is 6.81. The third-order valence-corrected chi connectivity index (χ3v) is 6.81. The number of piperidine rings is 1. The molecule has 3 nitrogen and oxygen atoms in total. The molecule has 1 N–H and O–H groups in total. The number of hydrogen-bond acceptors (Lipinski definition) is 2. The van der Waals surface area contributed by atoms with E-state index in [1.807, 2.05) is 0 Å². The summed E-state index contributed by atoms with van der Waals surface area (Å²) in [4.78, 5) is 15.3. The zero-order valence-electron chi connectivity index (χ0n) is 13.4. The van der Waals surface area contributed by atoms with Crippen LogP contribution < -0.4 is 5.32 Å². The molecule has 5 fully saturated rings. The molecular weight excluding hydrogens is 260 g/mol. The number of amides is 1. The highest BCUT2D eigenvalue weighted by Gasteiger charge is 2.51. The van der Waals surface area contributed by atoms with Gasteiger partial charge in [0, 0.05) is 25.0 Å². The third kappa shape index (κ3) is 2.52. The van der Waals surface area contributed by atoms with Crippen LogP contribution in [0.3, 0.4) is 0 Å². The Bertz CT molecular complexity index is 372. The molecule has 118 valence electrons. The molecule has 0 aromatic rings. The Balaban J connectivity index is 1.39. The van der Waals surface area contributed by atoms with Gasteiger partial charge in [-0.05, 0) is 75.2 Å². The molecule has 4 bridgehead atoms. The van der Waals surface area contributed by atoms with E-state index < -0.39 is 0 Å². The molecule has 1 saturated heterocycles. The van der Waals surface area contributed by atoms with E-state index in [1.165, 1.54) is 32.1 Å². The van der Waals surface area contributed by atoms with E-state index in [-0.39, 0.29) is 0 Å². The van der Waals surface area contributed by atoms with Gasteiger partial charge in [-0.3, -0.25) is 4.79 Å². The number of rotatable bonds is 3. The first kappa shape index (κ1) is 14.0. The highest BCUT2D eigenvalue weighted by molar-refractivity contribution is 5.80. The van der Waals surface area contributed by atoms with Crippen molar-refractivity contribution >= 4 is 5.91 Å². The van der Waals surface area contributed by atoms with Gasteiger partial charge < -0.3 is 10.2 Å². The van der Waals surface area contributed by atoms with Crippen molar-refractivity contribution in [1.82, 2.24) is 10.2 Å². The highest BCUT2D eigenvalue weighted by atomic mass is 16.2. The van der Waals surface area contributed by atoms with Crippen LogP contribution in [0, 0.1) is 29.6 Å². The van der Waals surface area contributed by atoms with Gasteiger partial charge in [0.05, 0.1) is 0 Å². The summed E-state index contributed by atoms with van der Waals surface area (Å²) in [6, 6.07) is 0.637. The number of carbonyl (C=O) groups is 1. The summed E-state index contributed by atoms with van der Waals surface area (Å²) in [5, 5.41) is 3.54. The summed E-state index contributed by atoms with van der Waals surface area (Å²) < 4.78 is 0. The van der Waals surface area contributed by atoms with Crippen LogP contribution in [0.2, 0.25) is 0 Å². The van der Waals surface area contributed by atoms with Crippen LogP contribution in [0.5, 0.6) is 0 Å². The minimum absolute atomic E-state index is 0.397. The molecule has 21 heavy (non-hydrogen) atoms. The van der Waals surface area contributed by atoms with Gasteiger partial charge in [0.15, 0.2) is 0 Å². The highest BCUT2D eigenvalue weighted by Crippen LogP contribution is 2.56.